The zero-order valence-corrected chi connectivity index (χ0v) is 22.7. The van der Waals surface area contributed by atoms with Crippen molar-refractivity contribution >= 4 is 22.4 Å². The number of H-pyrrole nitrogens is 1. The molecule has 0 aliphatic heterocycles. The average molecular weight is 581 g/mol. The fraction of sp³-hybridized carbons (Fsp3) is 0.276. The zero-order chi connectivity index (χ0) is 30.3. The van der Waals surface area contributed by atoms with Crippen molar-refractivity contribution in [1.82, 2.24) is 4.98 Å². The number of benzene rings is 3. The summed E-state index contributed by atoms with van der Waals surface area (Å²) < 4.78 is 84.4. The highest BCUT2D eigenvalue weighted by atomic mass is 19.4. The number of aliphatic hydroxyl groups is 1. The van der Waals surface area contributed by atoms with Crippen molar-refractivity contribution in [3.8, 4) is 17.2 Å². The van der Waals surface area contributed by atoms with E-state index in [1.807, 2.05) is 13.8 Å². The molecule has 0 bridgehead atoms. The number of alkyl halides is 3. The second kappa shape index (κ2) is 13.4. The van der Waals surface area contributed by atoms with Gasteiger partial charge in [0, 0.05) is 58.2 Å². The number of Topliss-reactive ketones (excluding diaryl/α,β-unsaturated/α-hetero) is 1. The first kappa shape index (κ1) is 31.2. The number of carbonyl (C=O) groups excluding carboxylic acids is 1. The van der Waals surface area contributed by atoms with E-state index < -0.39 is 35.2 Å². The van der Waals surface area contributed by atoms with E-state index in [1.165, 1.54) is 38.6 Å². The Morgan fingerprint density at radius 2 is 1.71 bits per heavy atom. The van der Waals surface area contributed by atoms with Crippen LogP contribution < -0.4 is 19.5 Å². The van der Waals surface area contributed by atoms with E-state index in [-0.39, 0.29) is 41.0 Å². The molecule has 0 radical (unpaired) electrons. The highest BCUT2D eigenvalue weighted by molar-refractivity contribution is 6.11. The molecular formula is C29H29F5N2O5. The Kier molecular flexibility index (Phi) is 10.2. The number of carbonyl (C=O) groups is 1. The zero-order valence-electron chi connectivity index (χ0n) is 22.7. The van der Waals surface area contributed by atoms with E-state index in [4.69, 9.17) is 19.3 Å². The van der Waals surface area contributed by atoms with Gasteiger partial charge in [-0.15, -0.1) is 0 Å². The third kappa shape index (κ3) is 7.07. The minimum absolute atomic E-state index is 0.00219. The first-order chi connectivity index (χ1) is 19.5. The smallest absolute Gasteiger partial charge is 0.419 e. The fourth-order valence-corrected chi connectivity index (χ4v) is 4.11. The molecule has 0 aliphatic rings. The summed E-state index contributed by atoms with van der Waals surface area (Å²) in [7, 11) is 2.68. The number of hydrogen-bond donors (Lipinski definition) is 3. The van der Waals surface area contributed by atoms with Crippen molar-refractivity contribution in [2.45, 2.75) is 26.1 Å². The Morgan fingerprint density at radius 3 is 2.34 bits per heavy atom. The molecule has 0 amide bonds. The summed E-state index contributed by atoms with van der Waals surface area (Å²) in [5.74, 6) is -2.21. The van der Waals surface area contributed by atoms with Crippen LogP contribution in [-0.2, 0) is 6.18 Å². The first-order valence-electron chi connectivity index (χ1n) is 12.5. The number of ketones is 1. The van der Waals surface area contributed by atoms with Crippen LogP contribution in [0, 0.1) is 11.6 Å². The number of aromatic amines is 1. The predicted molar refractivity (Wildman–Crippen MR) is 144 cm³/mol. The Bertz CT molecular complexity index is 1500. The number of aliphatic hydroxyl groups excluding tert-OH is 1. The first-order valence-corrected chi connectivity index (χ1v) is 12.5. The quantitative estimate of drug-likeness (QED) is 0.139. The Balaban J connectivity index is 0.00000226. The fourth-order valence-electron chi connectivity index (χ4n) is 4.11. The molecule has 1 unspecified atom stereocenters. The lowest BCUT2D eigenvalue weighted by Crippen LogP contribution is -2.22. The lowest BCUT2D eigenvalue weighted by molar-refractivity contribution is -0.139. The summed E-state index contributed by atoms with van der Waals surface area (Å²) in [4.78, 5) is 16.6. The molecule has 3 N–H and O–H groups in total. The lowest BCUT2D eigenvalue weighted by Gasteiger charge is -2.22. The second-order valence-corrected chi connectivity index (χ2v) is 8.37. The molecule has 12 heteroatoms. The number of ether oxygens (including phenoxy) is 3. The van der Waals surface area contributed by atoms with Crippen LogP contribution in [0.1, 0.15) is 41.4 Å². The van der Waals surface area contributed by atoms with Gasteiger partial charge in [-0.2, -0.15) is 13.2 Å². The number of hydrogen-bond acceptors (Lipinski definition) is 6. The Labute approximate surface area is 232 Å². The van der Waals surface area contributed by atoms with E-state index in [2.05, 4.69) is 10.3 Å². The predicted octanol–water partition coefficient (Wildman–Crippen LogP) is 6.92. The van der Waals surface area contributed by atoms with Gasteiger partial charge in [-0.05, 0) is 24.3 Å². The van der Waals surface area contributed by atoms with Gasteiger partial charge in [-0.1, -0.05) is 13.8 Å². The summed E-state index contributed by atoms with van der Waals surface area (Å²) in [5, 5.41) is 11.9. The van der Waals surface area contributed by atoms with Gasteiger partial charge in [0.1, 0.15) is 41.5 Å². The number of anilines is 1. The highest BCUT2D eigenvalue weighted by Gasteiger charge is 2.36. The molecule has 41 heavy (non-hydrogen) atoms. The van der Waals surface area contributed by atoms with Gasteiger partial charge in [0.15, 0.2) is 5.78 Å². The maximum atomic E-state index is 14.1. The summed E-state index contributed by atoms with van der Waals surface area (Å²) in [6.45, 7) is 3.73. The van der Waals surface area contributed by atoms with E-state index in [9.17, 15) is 26.7 Å². The molecular weight excluding hydrogens is 551 g/mol. The van der Waals surface area contributed by atoms with Crippen molar-refractivity contribution in [1.29, 1.82) is 0 Å². The SMILES string of the molecule is CC.COc1cc(NC(C(=O)c2c[nH]c3cc(F)c(C(F)(F)F)cc23)c2ccc(F)cc2OC)cc(OCCO)c1. The molecule has 0 fully saturated rings. The van der Waals surface area contributed by atoms with Crippen LogP contribution in [-0.4, -0.2) is 43.3 Å². The molecule has 1 aromatic heterocycles. The van der Waals surface area contributed by atoms with Gasteiger partial charge in [-0.3, -0.25) is 4.79 Å². The third-order valence-corrected chi connectivity index (χ3v) is 5.90. The number of methoxy groups -OCH3 is 2. The summed E-state index contributed by atoms with van der Waals surface area (Å²) in [5.41, 5.74) is -1.23. The van der Waals surface area contributed by atoms with Gasteiger partial charge >= 0.3 is 6.18 Å². The number of fused-ring (bicyclic) bond motifs is 1. The van der Waals surface area contributed by atoms with Gasteiger partial charge in [-0.25, -0.2) is 8.78 Å². The van der Waals surface area contributed by atoms with E-state index in [1.54, 1.807) is 6.07 Å². The van der Waals surface area contributed by atoms with E-state index in [0.717, 1.165) is 12.1 Å². The number of halogens is 5. The van der Waals surface area contributed by atoms with Gasteiger partial charge in [0.05, 0.1) is 26.4 Å². The molecule has 3 aromatic carbocycles. The van der Waals surface area contributed by atoms with Crippen LogP contribution in [0.3, 0.4) is 0 Å². The molecule has 1 heterocycles. The molecule has 0 aliphatic carbocycles. The number of nitrogens with one attached hydrogen (secondary N) is 2. The normalized spacial score (nSPS) is 11.9. The minimum Gasteiger partial charge on any atom is -0.497 e. The minimum atomic E-state index is -4.99. The van der Waals surface area contributed by atoms with Crippen molar-refractivity contribution in [3.63, 3.8) is 0 Å². The van der Waals surface area contributed by atoms with Crippen molar-refractivity contribution in [2.75, 3.05) is 32.8 Å². The number of rotatable bonds is 10. The van der Waals surface area contributed by atoms with Crippen LogP contribution in [0.25, 0.3) is 10.9 Å². The lowest BCUT2D eigenvalue weighted by atomic mass is 9.95. The third-order valence-electron chi connectivity index (χ3n) is 5.90. The van der Waals surface area contributed by atoms with Gasteiger partial charge < -0.3 is 29.6 Å². The van der Waals surface area contributed by atoms with Gasteiger partial charge in [0.25, 0.3) is 0 Å². The molecule has 4 aromatic rings. The van der Waals surface area contributed by atoms with Crippen LogP contribution in [0.2, 0.25) is 0 Å². The Morgan fingerprint density at radius 1 is 1.00 bits per heavy atom. The van der Waals surface area contributed by atoms with Crippen molar-refractivity contribution in [3.05, 3.63) is 83.1 Å². The topological polar surface area (TPSA) is 92.8 Å². The molecule has 0 saturated carbocycles. The maximum Gasteiger partial charge on any atom is 0.419 e. The molecule has 4 rings (SSSR count). The molecule has 0 spiro atoms. The molecule has 1 atom stereocenters. The molecule has 7 nitrogen and oxygen atoms in total. The monoisotopic (exact) mass is 580 g/mol. The molecule has 220 valence electrons. The van der Waals surface area contributed by atoms with Gasteiger partial charge in [0.2, 0.25) is 0 Å². The molecule has 0 saturated heterocycles. The van der Waals surface area contributed by atoms with Crippen LogP contribution >= 0.6 is 0 Å². The second-order valence-electron chi connectivity index (χ2n) is 8.37. The van der Waals surface area contributed by atoms with E-state index in [0.29, 0.717) is 29.3 Å². The average Bonchev–Trinajstić information content (AvgIpc) is 3.37. The van der Waals surface area contributed by atoms with E-state index >= 15 is 0 Å². The summed E-state index contributed by atoms with van der Waals surface area (Å²) in [6.07, 6.45) is -3.81. The summed E-state index contributed by atoms with van der Waals surface area (Å²) >= 11 is 0. The van der Waals surface area contributed by atoms with Crippen molar-refractivity contribution < 1.29 is 46.1 Å². The standard InChI is InChI=1S/C27H23F5N2O5.C2H6/c1-37-16-8-15(9-17(10-16)39-6-5-35)34-25(18-4-3-14(28)7-24(18)38-2)26(36)20-13-33-23-12-22(29)21(11-19(20)23)27(30,31)32;1-2/h3-4,7-13,25,33-35H,5-6H2,1-2H3;1-2H3. The highest BCUT2D eigenvalue weighted by Crippen LogP contribution is 2.38. The van der Waals surface area contributed by atoms with Crippen LogP contribution in [0.5, 0.6) is 17.2 Å². The van der Waals surface area contributed by atoms with Crippen molar-refractivity contribution in [2.24, 2.45) is 0 Å². The Hall–Kier alpha value is -4.32. The maximum absolute atomic E-state index is 14.1. The largest absolute Gasteiger partial charge is 0.497 e. The van der Waals surface area contributed by atoms with Crippen LogP contribution in [0.15, 0.2) is 54.7 Å². The number of aromatic nitrogens is 1. The summed E-state index contributed by atoms with van der Waals surface area (Å²) in [6, 6.07) is 8.00. The van der Waals surface area contributed by atoms with Crippen LogP contribution in [0.4, 0.5) is 27.6 Å².